The summed E-state index contributed by atoms with van der Waals surface area (Å²) in [4.78, 5) is 9.68. The fraction of sp³-hybridized carbons (Fsp3) is 0.308. The minimum atomic E-state index is 0.148. The molecule has 2 aromatic heterocycles. The molecular weight excluding hydrogens is 230 g/mol. The van der Waals surface area contributed by atoms with Crippen molar-refractivity contribution >= 4 is 11.3 Å². The number of nitriles is 1. The van der Waals surface area contributed by atoms with Crippen LogP contribution >= 0.6 is 11.3 Å². The molecule has 0 saturated carbocycles. The first-order chi connectivity index (χ1) is 8.00. The summed E-state index contributed by atoms with van der Waals surface area (Å²) in [7, 11) is 0. The summed E-state index contributed by atoms with van der Waals surface area (Å²) < 4.78 is 0. The zero-order chi connectivity index (χ0) is 12.5. The van der Waals surface area contributed by atoms with E-state index in [1.807, 2.05) is 6.07 Å². The molecule has 0 unspecified atom stereocenters. The predicted molar refractivity (Wildman–Crippen MR) is 68.8 cm³/mol. The van der Waals surface area contributed by atoms with Crippen molar-refractivity contribution in [3.8, 4) is 17.5 Å². The number of aromatic nitrogens is 2. The number of rotatable bonds is 1. The van der Waals surface area contributed by atoms with Gasteiger partial charge in [-0.3, -0.25) is 0 Å². The minimum Gasteiger partial charge on any atom is -0.235 e. The van der Waals surface area contributed by atoms with Gasteiger partial charge in [0.05, 0.1) is 5.56 Å². The van der Waals surface area contributed by atoms with Crippen molar-refractivity contribution < 1.29 is 0 Å². The molecular formula is C13H13N3S. The molecule has 17 heavy (non-hydrogen) atoms. The molecule has 86 valence electrons. The smallest absolute Gasteiger partial charge is 0.160 e. The Morgan fingerprint density at radius 1 is 1.24 bits per heavy atom. The first kappa shape index (κ1) is 11.7. The number of hydrogen-bond donors (Lipinski definition) is 0. The van der Waals surface area contributed by atoms with Gasteiger partial charge in [0.2, 0.25) is 0 Å². The monoisotopic (exact) mass is 243 g/mol. The van der Waals surface area contributed by atoms with Gasteiger partial charge in [-0.15, -0.1) is 11.3 Å². The van der Waals surface area contributed by atoms with Crippen LogP contribution in [0.15, 0.2) is 23.8 Å². The Bertz CT molecular complexity index is 556. The average Bonchev–Trinajstić information content (AvgIpc) is 2.78. The summed E-state index contributed by atoms with van der Waals surface area (Å²) in [6.45, 7) is 6.55. The lowest BCUT2D eigenvalue weighted by Gasteiger charge is -2.15. The van der Waals surface area contributed by atoms with Crippen molar-refractivity contribution in [2.75, 3.05) is 0 Å². The Morgan fingerprint density at radius 3 is 2.35 bits per heavy atom. The lowest BCUT2D eigenvalue weighted by molar-refractivity contribution is 0.604. The highest BCUT2D eigenvalue weighted by Gasteiger charge is 2.17. The van der Waals surface area contributed by atoms with Crippen LogP contribution in [0.25, 0.3) is 11.4 Å². The van der Waals surface area contributed by atoms with Crippen LogP contribution in [0.3, 0.4) is 0 Å². The third-order valence-corrected chi connectivity index (χ3v) is 3.73. The van der Waals surface area contributed by atoms with E-state index in [4.69, 9.17) is 5.26 Å². The van der Waals surface area contributed by atoms with Crippen molar-refractivity contribution in [2.45, 2.75) is 26.2 Å². The highest BCUT2D eigenvalue weighted by Crippen LogP contribution is 2.31. The second-order valence-corrected chi connectivity index (χ2v) is 5.77. The van der Waals surface area contributed by atoms with Gasteiger partial charge in [0.25, 0.3) is 0 Å². The van der Waals surface area contributed by atoms with Crippen molar-refractivity contribution in [1.29, 1.82) is 5.26 Å². The van der Waals surface area contributed by atoms with Gasteiger partial charge in [-0.1, -0.05) is 20.8 Å². The quantitative estimate of drug-likeness (QED) is 0.771. The molecule has 0 aliphatic rings. The van der Waals surface area contributed by atoms with Crippen LogP contribution in [0.2, 0.25) is 0 Å². The predicted octanol–water partition coefficient (Wildman–Crippen LogP) is 3.37. The lowest BCUT2D eigenvalue weighted by atomic mass is 9.94. The number of thiophene rings is 1. The van der Waals surface area contributed by atoms with E-state index in [0.717, 1.165) is 5.56 Å². The van der Waals surface area contributed by atoms with E-state index in [0.29, 0.717) is 11.4 Å². The molecule has 0 radical (unpaired) electrons. The van der Waals surface area contributed by atoms with Gasteiger partial charge in [-0.2, -0.15) is 5.26 Å². The SMILES string of the molecule is CC(C)(C)c1cc(-c2ncc(C#N)cn2)cs1. The highest BCUT2D eigenvalue weighted by atomic mass is 32.1. The lowest BCUT2D eigenvalue weighted by Crippen LogP contribution is -2.07. The van der Waals surface area contributed by atoms with E-state index in [1.165, 1.54) is 4.88 Å². The van der Waals surface area contributed by atoms with Crippen LogP contribution in [0.5, 0.6) is 0 Å². The second-order valence-electron chi connectivity index (χ2n) is 4.86. The Morgan fingerprint density at radius 2 is 1.88 bits per heavy atom. The minimum absolute atomic E-state index is 0.148. The molecule has 0 aliphatic carbocycles. The molecule has 0 aromatic carbocycles. The molecule has 2 aromatic rings. The van der Waals surface area contributed by atoms with Gasteiger partial charge in [0, 0.05) is 28.2 Å². The first-order valence-corrected chi connectivity index (χ1v) is 6.20. The number of nitrogens with zero attached hydrogens (tertiary/aromatic N) is 3. The van der Waals surface area contributed by atoms with E-state index in [-0.39, 0.29) is 5.41 Å². The van der Waals surface area contributed by atoms with E-state index in [1.54, 1.807) is 23.7 Å². The van der Waals surface area contributed by atoms with Crippen LogP contribution in [0, 0.1) is 11.3 Å². The van der Waals surface area contributed by atoms with Gasteiger partial charge in [0.15, 0.2) is 5.82 Å². The Balaban J connectivity index is 2.34. The van der Waals surface area contributed by atoms with Crippen LogP contribution in [-0.4, -0.2) is 9.97 Å². The van der Waals surface area contributed by atoms with Gasteiger partial charge < -0.3 is 0 Å². The average molecular weight is 243 g/mol. The summed E-state index contributed by atoms with van der Waals surface area (Å²) in [5, 5.41) is 10.7. The van der Waals surface area contributed by atoms with Crippen LogP contribution in [0.1, 0.15) is 31.2 Å². The first-order valence-electron chi connectivity index (χ1n) is 5.32. The fourth-order valence-electron chi connectivity index (χ4n) is 1.38. The Kier molecular flexibility index (Phi) is 2.95. The van der Waals surface area contributed by atoms with Gasteiger partial charge in [-0.25, -0.2) is 9.97 Å². The highest BCUT2D eigenvalue weighted by molar-refractivity contribution is 7.10. The Hall–Kier alpha value is -1.73. The van der Waals surface area contributed by atoms with Crippen molar-refractivity contribution in [3.63, 3.8) is 0 Å². The largest absolute Gasteiger partial charge is 0.235 e. The van der Waals surface area contributed by atoms with E-state index in [2.05, 4.69) is 42.2 Å². The molecule has 0 amide bonds. The molecule has 0 fully saturated rings. The molecule has 2 rings (SSSR count). The van der Waals surface area contributed by atoms with Gasteiger partial charge in [0.1, 0.15) is 6.07 Å². The molecule has 3 nitrogen and oxygen atoms in total. The topological polar surface area (TPSA) is 49.6 Å². The molecule has 0 N–H and O–H groups in total. The van der Waals surface area contributed by atoms with Crippen LogP contribution in [0.4, 0.5) is 0 Å². The maximum atomic E-state index is 8.68. The third-order valence-electron chi connectivity index (χ3n) is 2.38. The maximum absolute atomic E-state index is 8.68. The van der Waals surface area contributed by atoms with Gasteiger partial charge >= 0.3 is 0 Å². The Labute approximate surface area is 105 Å². The molecule has 0 saturated heterocycles. The van der Waals surface area contributed by atoms with Crippen molar-refractivity contribution in [2.24, 2.45) is 0 Å². The summed E-state index contributed by atoms with van der Waals surface area (Å²) in [5.41, 5.74) is 1.65. The van der Waals surface area contributed by atoms with Gasteiger partial charge in [-0.05, 0) is 11.5 Å². The molecule has 4 heteroatoms. The molecule has 0 bridgehead atoms. The van der Waals surface area contributed by atoms with Crippen molar-refractivity contribution in [3.05, 3.63) is 34.3 Å². The number of hydrogen-bond acceptors (Lipinski definition) is 4. The maximum Gasteiger partial charge on any atom is 0.160 e. The standard InChI is InChI=1S/C13H13N3S/c1-13(2,3)11-4-10(8-17-11)12-15-6-9(5-14)7-16-12/h4,6-8H,1-3H3. The summed E-state index contributed by atoms with van der Waals surface area (Å²) in [6, 6.07) is 4.13. The second kappa shape index (κ2) is 4.27. The van der Waals surface area contributed by atoms with Crippen LogP contribution < -0.4 is 0 Å². The molecule has 0 aliphatic heterocycles. The van der Waals surface area contributed by atoms with E-state index in [9.17, 15) is 0 Å². The molecule has 0 atom stereocenters. The molecule has 0 spiro atoms. The zero-order valence-electron chi connectivity index (χ0n) is 10.1. The molecule has 2 heterocycles. The van der Waals surface area contributed by atoms with E-state index < -0.39 is 0 Å². The summed E-state index contributed by atoms with van der Waals surface area (Å²) in [5.74, 6) is 0.677. The van der Waals surface area contributed by atoms with Crippen LogP contribution in [-0.2, 0) is 5.41 Å². The van der Waals surface area contributed by atoms with E-state index >= 15 is 0 Å². The summed E-state index contributed by atoms with van der Waals surface area (Å²) >= 11 is 1.72. The summed E-state index contributed by atoms with van der Waals surface area (Å²) in [6.07, 6.45) is 3.10. The zero-order valence-corrected chi connectivity index (χ0v) is 10.9. The normalized spacial score (nSPS) is 11.2. The third kappa shape index (κ3) is 2.51. The fourth-order valence-corrected chi connectivity index (χ4v) is 2.36. The van der Waals surface area contributed by atoms with Crippen molar-refractivity contribution in [1.82, 2.24) is 9.97 Å².